The van der Waals surface area contributed by atoms with Gasteiger partial charge in [0.2, 0.25) is 0 Å². The van der Waals surface area contributed by atoms with Gasteiger partial charge in [0.25, 0.3) is 0 Å². The van der Waals surface area contributed by atoms with Crippen molar-refractivity contribution in [2.24, 2.45) is 4.99 Å². The lowest BCUT2D eigenvalue weighted by molar-refractivity contribution is 0.960. The summed E-state index contributed by atoms with van der Waals surface area (Å²) in [5.41, 5.74) is 17.2. The van der Waals surface area contributed by atoms with Gasteiger partial charge in [-0.05, 0) is 145 Å². The molecule has 6 rings (SSSR count). The summed E-state index contributed by atoms with van der Waals surface area (Å²) in [4.78, 5) is 5.19. The zero-order chi connectivity index (χ0) is 39.1. The fraction of sp³-hybridized carbons (Fsp3) is 0.148. The molecule has 0 saturated heterocycles. The molecule has 2 nitrogen and oxygen atoms in total. The monoisotopic (exact) mass is 726 g/mol. The van der Waals surface area contributed by atoms with Crippen molar-refractivity contribution in [2.45, 2.75) is 53.4 Å². The van der Waals surface area contributed by atoms with Crippen LogP contribution in [0.2, 0.25) is 0 Å². The van der Waals surface area contributed by atoms with Gasteiger partial charge < -0.3 is 0 Å². The summed E-state index contributed by atoms with van der Waals surface area (Å²) in [5.74, 6) is 0. The molecule has 0 aliphatic carbocycles. The van der Waals surface area contributed by atoms with Gasteiger partial charge in [-0.1, -0.05) is 151 Å². The molecule has 56 heavy (non-hydrogen) atoms. The maximum atomic E-state index is 9.13. The van der Waals surface area contributed by atoms with E-state index in [1.54, 1.807) is 0 Å². The normalized spacial score (nSPS) is 12.4. The summed E-state index contributed by atoms with van der Waals surface area (Å²) in [7, 11) is 0. The number of rotatable bonds is 14. The Bertz CT molecular complexity index is 2440. The zero-order valence-electron chi connectivity index (χ0n) is 33.0. The highest BCUT2D eigenvalue weighted by Crippen LogP contribution is 2.29. The molecule has 0 spiro atoms. The molecule has 0 amide bonds. The number of aliphatic imine (C=N–C) groups is 1. The number of benzene rings is 6. The van der Waals surface area contributed by atoms with E-state index < -0.39 is 0 Å². The van der Waals surface area contributed by atoms with Crippen molar-refractivity contribution in [3.8, 4) is 28.3 Å². The lowest BCUT2D eigenvalue weighted by Gasteiger charge is -2.11. The predicted molar refractivity (Wildman–Crippen MR) is 239 cm³/mol. The number of allylic oxidation sites excluding steroid dienone is 7. The molecule has 0 unspecified atom stereocenters. The average Bonchev–Trinajstić information content (AvgIpc) is 3.25. The highest BCUT2D eigenvalue weighted by Gasteiger charge is 2.08. The fourth-order valence-electron chi connectivity index (χ4n) is 6.80. The molecule has 276 valence electrons. The van der Waals surface area contributed by atoms with Crippen molar-refractivity contribution >= 4 is 11.9 Å². The maximum Gasteiger partial charge on any atom is 0.0991 e. The third-order valence-electron chi connectivity index (χ3n) is 10.1. The molecule has 0 N–H and O–H groups in total. The zero-order valence-corrected chi connectivity index (χ0v) is 33.0. The van der Waals surface area contributed by atoms with Gasteiger partial charge in [0.05, 0.1) is 17.3 Å². The van der Waals surface area contributed by atoms with Crippen LogP contribution < -0.4 is 0 Å². The fourth-order valence-corrected chi connectivity index (χ4v) is 6.80. The first kappa shape index (κ1) is 39.1. The van der Waals surface area contributed by atoms with Crippen LogP contribution in [0.3, 0.4) is 0 Å². The average molecular weight is 727 g/mol. The summed E-state index contributed by atoms with van der Waals surface area (Å²) in [6.07, 6.45) is 16.5. The molecular formula is C54H50N2. The molecule has 0 aromatic heterocycles. The summed E-state index contributed by atoms with van der Waals surface area (Å²) in [6.45, 7) is 8.40. The van der Waals surface area contributed by atoms with Gasteiger partial charge in [-0.25, -0.2) is 0 Å². The second-order valence-corrected chi connectivity index (χ2v) is 14.3. The highest BCUT2D eigenvalue weighted by atomic mass is 14.7. The predicted octanol–water partition coefficient (Wildman–Crippen LogP) is 13.7. The van der Waals surface area contributed by atoms with E-state index in [0.29, 0.717) is 5.56 Å². The Balaban J connectivity index is 1.26. The summed E-state index contributed by atoms with van der Waals surface area (Å²) < 4.78 is 0. The molecule has 0 aliphatic rings. The molecule has 0 fully saturated rings. The number of aryl methyl sites for hydroxylation is 5. The maximum absolute atomic E-state index is 9.13. The lowest BCUT2D eigenvalue weighted by Crippen LogP contribution is -1.93. The van der Waals surface area contributed by atoms with Crippen LogP contribution in [0.25, 0.3) is 28.0 Å². The topological polar surface area (TPSA) is 36.1 Å². The van der Waals surface area contributed by atoms with Gasteiger partial charge in [-0.3, -0.25) is 4.99 Å². The minimum Gasteiger partial charge on any atom is -0.256 e. The third-order valence-corrected chi connectivity index (χ3v) is 10.1. The lowest BCUT2D eigenvalue weighted by atomic mass is 9.96. The number of hydrogen-bond acceptors (Lipinski definition) is 2. The molecular weight excluding hydrogens is 677 g/mol. The second-order valence-electron chi connectivity index (χ2n) is 14.3. The summed E-state index contributed by atoms with van der Waals surface area (Å²) >= 11 is 0. The Morgan fingerprint density at radius 1 is 0.607 bits per heavy atom. The van der Waals surface area contributed by atoms with Crippen molar-refractivity contribution in [1.29, 1.82) is 5.26 Å². The third kappa shape index (κ3) is 11.0. The Labute approximate surface area is 334 Å². The SMILES string of the molecule is C\C=C/C=C(C)/C(/C=C(\N=Cc1cccc(-c2cccc(CCc3ccc(C#N)cc3)c2)c1)c1cccc(-c2cccc(CCc3ccc(C)cc3)c2)c1)=C/C. The van der Waals surface area contributed by atoms with Crippen molar-refractivity contribution in [2.75, 3.05) is 0 Å². The van der Waals surface area contributed by atoms with Crippen LogP contribution in [-0.2, 0) is 25.7 Å². The van der Waals surface area contributed by atoms with Crippen LogP contribution in [0.4, 0.5) is 0 Å². The molecule has 0 bridgehead atoms. The Kier molecular flexibility index (Phi) is 13.8. The van der Waals surface area contributed by atoms with Crippen LogP contribution >= 0.6 is 0 Å². The smallest absolute Gasteiger partial charge is 0.0991 e. The molecule has 6 aromatic carbocycles. The van der Waals surface area contributed by atoms with Gasteiger partial charge in [-0.2, -0.15) is 5.26 Å². The Morgan fingerprint density at radius 2 is 1.14 bits per heavy atom. The Morgan fingerprint density at radius 3 is 1.73 bits per heavy atom. The van der Waals surface area contributed by atoms with Crippen LogP contribution in [0, 0.1) is 18.3 Å². The van der Waals surface area contributed by atoms with Gasteiger partial charge in [-0.15, -0.1) is 0 Å². The molecule has 0 radical (unpaired) electrons. The molecule has 0 atom stereocenters. The van der Waals surface area contributed by atoms with E-state index in [-0.39, 0.29) is 0 Å². The van der Waals surface area contributed by atoms with Gasteiger partial charge >= 0.3 is 0 Å². The van der Waals surface area contributed by atoms with Crippen molar-refractivity contribution in [1.82, 2.24) is 0 Å². The largest absolute Gasteiger partial charge is 0.256 e. The minimum absolute atomic E-state index is 0.694. The number of nitrogens with zero attached hydrogens (tertiary/aromatic N) is 2. The van der Waals surface area contributed by atoms with Crippen LogP contribution in [0.5, 0.6) is 0 Å². The van der Waals surface area contributed by atoms with E-state index in [4.69, 9.17) is 10.3 Å². The van der Waals surface area contributed by atoms with Crippen LogP contribution in [0.15, 0.2) is 192 Å². The van der Waals surface area contributed by atoms with E-state index in [2.05, 4.69) is 191 Å². The molecule has 6 aromatic rings. The Hall–Kier alpha value is -6.56. The molecule has 0 aliphatic heterocycles. The first-order chi connectivity index (χ1) is 27.4. The van der Waals surface area contributed by atoms with Crippen LogP contribution in [0.1, 0.15) is 65.3 Å². The number of nitriles is 1. The molecule has 0 heterocycles. The summed E-state index contributed by atoms with van der Waals surface area (Å²) in [5, 5.41) is 9.13. The first-order valence-corrected chi connectivity index (χ1v) is 19.6. The van der Waals surface area contributed by atoms with E-state index >= 15 is 0 Å². The highest BCUT2D eigenvalue weighted by molar-refractivity contribution is 5.88. The molecule has 2 heteroatoms. The molecule has 0 saturated carbocycles. The van der Waals surface area contributed by atoms with E-state index in [0.717, 1.165) is 53.6 Å². The van der Waals surface area contributed by atoms with Gasteiger partial charge in [0.15, 0.2) is 0 Å². The van der Waals surface area contributed by atoms with E-state index in [1.807, 2.05) is 25.3 Å². The standard InChI is InChI=1S/C54H50N2/c1-5-7-12-41(4)48(6-2)37-54(53-20-11-19-52(36-53)50-17-9-14-45(34-50)29-25-42-23-21-40(3)22-24-42)56-39-47-15-10-18-51(35-47)49-16-8-13-44(33-49)30-26-43-27-31-46(38-55)32-28-43/h5-24,27-28,31-37,39H,25-26,29-30H2,1-4H3/b7-5-,41-12+,48-6+,54-37-,56-39?. The number of hydrogen-bond donors (Lipinski definition) is 0. The minimum atomic E-state index is 0.694. The van der Waals surface area contributed by atoms with E-state index in [1.165, 1.54) is 50.1 Å². The quantitative estimate of drug-likeness (QED) is 0.0813. The van der Waals surface area contributed by atoms with Crippen molar-refractivity contribution in [3.05, 3.63) is 232 Å². The van der Waals surface area contributed by atoms with Crippen molar-refractivity contribution in [3.63, 3.8) is 0 Å². The van der Waals surface area contributed by atoms with Crippen LogP contribution in [-0.4, -0.2) is 6.21 Å². The summed E-state index contributed by atoms with van der Waals surface area (Å²) in [6, 6.07) is 54.0. The second kappa shape index (κ2) is 19.7. The first-order valence-electron chi connectivity index (χ1n) is 19.6. The van der Waals surface area contributed by atoms with Gasteiger partial charge in [0.1, 0.15) is 0 Å². The van der Waals surface area contributed by atoms with E-state index in [9.17, 15) is 0 Å². The van der Waals surface area contributed by atoms with Gasteiger partial charge in [0, 0.05) is 11.8 Å². The van der Waals surface area contributed by atoms with Crippen molar-refractivity contribution < 1.29 is 0 Å².